The van der Waals surface area contributed by atoms with Gasteiger partial charge in [0.2, 0.25) is 11.8 Å². The van der Waals surface area contributed by atoms with Gasteiger partial charge in [-0.1, -0.05) is 6.92 Å². The predicted octanol–water partition coefficient (Wildman–Crippen LogP) is -0.530. The fourth-order valence-corrected chi connectivity index (χ4v) is 0.968. The summed E-state index contributed by atoms with van der Waals surface area (Å²) in [5, 5.41) is 5.62. The molecule has 2 amide bonds. The molecule has 1 unspecified atom stereocenters. The lowest BCUT2D eigenvalue weighted by Crippen LogP contribution is -2.44. The van der Waals surface area contributed by atoms with Crippen LogP contribution < -0.4 is 16.4 Å². The Morgan fingerprint density at radius 3 is 2.33 bits per heavy atom. The highest BCUT2D eigenvalue weighted by molar-refractivity contribution is 5.82. The molecule has 15 heavy (non-hydrogen) atoms. The van der Waals surface area contributed by atoms with Gasteiger partial charge in [-0.25, -0.2) is 0 Å². The third-order valence-electron chi connectivity index (χ3n) is 2.33. The molecule has 0 aromatic carbocycles. The summed E-state index contributed by atoms with van der Waals surface area (Å²) >= 11 is 0. The molecule has 0 heterocycles. The summed E-state index contributed by atoms with van der Waals surface area (Å²) in [5.74, 6) is -0.596. The molecular formula is C10H21N3O2. The van der Waals surface area contributed by atoms with Gasteiger partial charge >= 0.3 is 0 Å². The Kier molecular flexibility index (Phi) is 5.28. The molecule has 5 nitrogen and oxygen atoms in total. The van der Waals surface area contributed by atoms with Crippen LogP contribution in [0.1, 0.15) is 20.8 Å². The van der Waals surface area contributed by atoms with Gasteiger partial charge in [-0.3, -0.25) is 9.59 Å². The Morgan fingerprint density at radius 2 is 1.93 bits per heavy atom. The van der Waals surface area contributed by atoms with Crippen molar-refractivity contribution in [2.75, 3.05) is 20.1 Å². The number of rotatable bonds is 6. The zero-order valence-corrected chi connectivity index (χ0v) is 9.89. The Hall–Kier alpha value is -1.10. The predicted molar refractivity (Wildman–Crippen MR) is 59.1 cm³/mol. The normalized spacial score (nSPS) is 13.3. The molecule has 0 saturated heterocycles. The molecule has 0 aliphatic carbocycles. The minimum Gasteiger partial charge on any atom is -0.369 e. The first-order valence-corrected chi connectivity index (χ1v) is 5.03. The molecule has 0 fully saturated rings. The number of nitrogens with one attached hydrogen (secondary N) is 2. The van der Waals surface area contributed by atoms with Gasteiger partial charge in [0.15, 0.2) is 0 Å². The van der Waals surface area contributed by atoms with Crippen molar-refractivity contribution in [1.82, 2.24) is 10.6 Å². The van der Waals surface area contributed by atoms with Crippen molar-refractivity contribution in [3.05, 3.63) is 0 Å². The summed E-state index contributed by atoms with van der Waals surface area (Å²) in [7, 11) is 1.79. The second-order valence-corrected chi connectivity index (χ2v) is 4.42. The molecule has 0 bridgehead atoms. The first-order valence-electron chi connectivity index (χ1n) is 5.03. The second kappa shape index (κ2) is 5.70. The molecule has 88 valence electrons. The van der Waals surface area contributed by atoms with Crippen LogP contribution in [0, 0.1) is 11.3 Å². The number of amides is 2. The van der Waals surface area contributed by atoms with Gasteiger partial charge in [0.05, 0.1) is 5.41 Å². The zero-order chi connectivity index (χ0) is 12.1. The maximum atomic E-state index is 11.5. The van der Waals surface area contributed by atoms with E-state index in [1.165, 1.54) is 0 Å². The van der Waals surface area contributed by atoms with Crippen LogP contribution >= 0.6 is 0 Å². The van der Waals surface area contributed by atoms with Crippen LogP contribution in [0.2, 0.25) is 0 Å². The second-order valence-electron chi connectivity index (χ2n) is 4.42. The van der Waals surface area contributed by atoms with Crippen molar-refractivity contribution >= 4 is 11.8 Å². The van der Waals surface area contributed by atoms with Crippen molar-refractivity contribution in [3.8, 4) is 0 Å². The summed E-state index contributed by atoms with van der Waals surface area (Å²) in [6.45, 7) is 6.12. The van der Waals surface area contributed by atoms with Gasteiger partial charge < -0.3 is 16.4 Å². The lowest BCUT2D eigenvalue weighted by Gasteiger charge is -2.22. The van der Waals surface area contributed by atoms with Gasteiger partial charge in [-0.15, -0.1) is 0 Å². The van der Waals surface area contributed by atoms with E-state index < -0.39 is 11.3 Å². The Labute approximate surface area is 90.8 Å². The van der Waals surface area contributed by atoms with Crippen molar-refractivity contribution < 1.29 is 9.59 Å². The highest BCUT2D eigenvalue weighted by Gasteiger charge is 2.26. The van der Waals surface area contributed by atoms with Gasteiger partial charge in [0.25, 0.3) is 0 Å². The van der Waals surface area contributed by atoms with E-state index in [0.717, 1.165) is 0 Å². The van der Waals surface area contributed by atoms with E-state index >= 15 is 0 Å². The molecule has 0 radical (unpaired) electrons. The van der Waals surface area contributed by atoms with Crippen molar-refractivity contribution in [2.24, 2.45) is 17.1 Å². The summed E-state index contributed by atoms with van der Waals surface area (Å²) in [6, 6.07) is 0. The number of hydrogen-bond acceptors (Lipinski definition) is 3. The quantitative estimate of drug-likeness (QED) is 0.557. The lowest BCUT2D eigenvalue weighted by atomic mass is 9.92. The molecule has 4 N–H and O–H groups in total. The number of carbonyl (C=O) groups is 2. The standard InChI is InChI=1S/C10H21N3O2/c1-7(5-12-4)8(14)13-6-10(2,3)9(11)15/h7,12H,5-6H2,1-4H3,(H2,11,15)(H,13,14). The molecule has 5 heteroatoms. The first-order chi connectivity index (χ1) is 6.81. The fourth-order valence-electron chi connectivity index (χ4n) is 0.968. The van der Waals surface area contributed by atoms with E-state index in [2.05, 4.69) is 10.6 Å². The van der Waals surface area contributed by atoms with Crippen LogP contribution in [0.5, 0.6) is 0 Å². The highest BCUT2D eigenvalue weighted by Crippen LogP contribution is 2.12. The average Bonchev–Trinajstić information content (AvgIpc) is 2.14. The largest absolute Gasteiger partial charge is 0.369 e. The first kappa shape index (κ1) is 13.9. The molecular weight excluding hydrogens is 194 g/mol. The Balaban J connectivity index is 4.05. The summed E-state index contributed by atoms with van der Waals surface area (Å²) in [4.78, 5) is 22.5. The van der Waals surface area contributed by atoms with E-state index in [1.54, 1.807) is 20.9 Å². The molecule has 0 saturated carbocycles. The topological polar surface area (TPSA) is 84.2 Å². The summed E-state index contributed by atoms with van der Waals surface area (Å²) < 4.78 is 0. The summed E-state index contributed by atoms with van der Waals surface area (Å²) in [6.07, 6.45) is 0. The molecule has 0 rings (SSSR count). The SMILES string of the molecule is CNCC(C)C(=O)NCC(C)(C)C(N)=O. The zero-order valence-electron chi connectivity index (χ0n) is 9.89. The Morgan fingerprint density at radius 1 is 1.40 bits per heavy atom. The average molecular weight is 215 g/mol. The number of hydrogen-bond donors (Lipinski definition) is 3. The van der Waals surface area contributed by atoms with E-state index in [-0.39, 0.29) is 18.4 Å². The van der Waals surface area contributed by atoms with Gasteiger partial charge in [0, 0.05) is 19.0 Å². The maximum absolute atomic E-state index is 11.5. The Bertz CT molecular complexity index is 239. The van der Waals surface area contributed by atoms with E-state index in [9.17, 15) is 9.59 Å². The van der Waals surface area contributed by atoms with Crippen LogP contribution in [0.4, 0.5) is 0 Å². The number of carbonyl (C=O) groups excluding carboxylic acids is 2. The third-order valence-corrected chi connectivity index (χ3v) is 2.33. The smallest absolute Gasteiger partial charge is 0.224 e. The maximum Gasteiger partial charge on any atom is 0.224 e. The molecule has 0 aliphatic heterocycles. The van der Waals surface area contributed by atoms with Gasteiger partial charge in [0.1, 0.15) is 0 Å². The molecule has 0 spiro atoms. The van der Waals surface area contributed by atoms with E-state index in [0.29, 0.717) is 6.54 Å². The molecule has 0 aromatic rings. The minimum atomic E-state index is -0.699. The van der Waals surface area contributed by atoms with Crippen LogP contribution in [-0.2, 0) is 9.59 Å². The van der Waals surface area contributed by atoms with E-state index in [1.807, 2.05) is 6.92 Å². The van der Waals surface area contributed by atoms with Crippen LogP contribution in [0.3, 0.4) is 0 Å². The lowest BCUT2D eigenvalue weighted by molar-refractivity contribution is -0.128. The van der Waals surface area contributed by atoms with Crippen LogP contribution in [0.25, 0.3) is 0 Å². The van der Waals surface area contributed by atoms with Crippen molar-refractivity contribution in [2.45, 2.75) is 20.8 Å². The third kappa shape index (κ3) is 4.78. The molecule has 0 aromatic heterocycles. The van der Waals surface area contributed by atoms with Gasteiger partial charge in [-0.05, 0) is 20.9 Å². The molecule has 0 aliphatic rings. The monoisotopic (exact) mass is 215 g/mol. The highest BCUT2D eigenvalue weighted by atomic mass is 16.2. The minimum absolute atomic E-state index is 0.0707. The molecule has 1 atom stereocenters. The van der Waals surface area contributed by atoms with Crippen LogP contribution in [-0.4, -0.2) is 32.0 Å². The summed E-state index contributed by atoms with van der Waals surface area (Å²) in [5.41, 5.74) is 4.49. The van der Waals surface area contributed by atoms with Crippen LogP contribution in [0.15, 0.2) is 0 Å². The van der Waals surface area contributed by atoms with Crippen molar-refractivity contribution in [1.29, 1.82) is 0 Å². The number of primary amides is 1. The fraction of sp³-hybridized carbons (Fsp3) is 0.800. The number of nitrogens with two attached hydrogens (primary N) is 1. The van der Waals surface area contributed by atoms with E-state index in [4.69, 9.17) is 5.73 Å². The van der Waals surface area contributed by atoms with Gasteiger partial charge in [-0.2, -0.15) is 0 Å². The van der Waals surface area contributed by atoms with Crippen molar-refractivity contribution in [3.63, 3.8) is 0 Å².